The summed E-state index contributed by atoms with van der Waals surface area (Å²) in [5.74, 6) is 0. The molecular weight excluding hydrogens is 325 g/mol. The van der Waals surface area contributed by atoms with Gasteiger partial charge < -0.3 is 13.7 Å². The number of thiazole rings is 1. The van der Waals surface area contributed by atoms with Gasteiger partial charge in [-0.15, -0.1) is 11.3 Å². The minimum Gasteiger partial charge on any atom is -0.410 e. The lowest BCUT2D eigenvalue weighted by Gasteiger charge is -2.35. The van der Waals surface area contributed by atoms with E-state index < -0.39 is 15.4 Å². The molecule has 0 bridgehead atoms. The van der Waals surface area contributed by atoms with Crippen molar-refractivity contribution in [2.45, 2.75) is 84.4 Å². The first-order valence-corrected chi connectivity index (χ1v) is 12.0. The molecule has 0 atom stereocenters. The van der Waals surface area contributed by atoms with Gasteiger partial charge in [0.05, 0.1) is 23.4 Å². The first-order chi connectivity index (χ1) is 10.3. The van der Waals surface area contributed by atoms with Crippen LogP contribution in [-0.4, -0.2) is 31.6 Å². The number of aromatic nitrogens is 1. The van der Waals surface area contributed by atoms with Gasteiger partial charge in [0.2, 0.25) is 0 Å². The molecule has 1 aromatic rings. The SMILES string of the molecule is CC1(C)OB(c2csc(CO[Si](C)(C)C(C)(C)C)n2)OC1(C)C. The van der Waals surface area contributed by atoms with Crippen LogP contribution < -0.4 is 5.59 Å². The van der Waals surface area contributed by atoms with E-state index in [2.05, 4.69) is 66.5 Å². The summed E-state index contributed by atoms with van der Waals surface area (Å²) in [7, 11) is -2.14. The second-order valence-corrected chi connectivity index (χ2v) is 14.6. The van der Waals surface area contributed by atoms with Crippen LogP contribution in [0.1, 0.15) is 53.5 Å². The van der Waals surface area contributed by atoms with Gasteiger partial charge in [0, 0.05) is 5.38 Å². The maximum Gasteiger partial charge on any atom is 0.515 e. The summed E-state index contributed by atoms with van der Waals surface area (Å²) in [4.78, 5) is 4.67. The topological polar surface area (TPSA) is 40.6 Å². The molecule has 1 fully saturated rings. The van der Waals surface area contributed by atoms with E-state index in [9.17, 15) is 0 Å². The first-order valence-electron chi connectivity index (χ1n) is 8.19. The largest absolute Gasteiger partial charge is 0.515 e. The molecule has 0 aliphatic carbocycles. The van der Waals surface area contributed by atoms with E-state index in [0.29, 0.717) is 6.61 Å². The van der Waals surface area contributed by atoms with Crippen LogP contribution in [0.2, 0.25) is 18.1 Å². The van der Waals surface area contributed by atoms with E-state index in [1.807, 2.05) is 5.38 Å². The minimum atomic E-state index is -1.75. The highest BCUT2D eigenvalue weighted by Gasteiger charge is 2.52. The van der Waals surface area contributed by atoms with Crippen molar-refractivity contribution >= 4 is 32.4 Å². The molecule has 0 N–H and O–H groups in total. The molecule has 130 valence electrons. The monoisotopic (exact) mass is 355 g/mol. The van der Waals surface area contributed by atoms with E-state index in [4.69, 9.17) is 13.7 Å². The van der Waals surface area contributed by atoms with Gasteiger partial charge in [0.25, 0.3) is 0 Å². The Balaban J connectivity index is 2.03. The van der Waals surface area contributed by atoms with Crippen molar-refractivity contribution in [2.75, 3.05) is 0 Å². The average molecular weight is 355 g/mol. The standard InChI is InChI=1S/C16H30BNO3SSi/c1-14(2,3)23(8,9)19-10-13-18-12(11-22-13)17-20-15(4,5)16(6,7)21-17/h11H,10H2,1-9H3. The summed E-state index contributed by atoms with van der Waals surface area (Å²) in [6, 6.07) is 0. The third-order valence-corrected chi connectivity index (χ3v) is 10.7. The Morgan fingerprint density at radius 3 is 2.17 bits per heavy atom. The number of rotatable bonds is 4. The van der Waals surface area contributed by atoms with Crippen LogP contribution in [0.5, 0.6) is 0 Å². The van der Waals surface area contributed by atoms with Crippen LogP contribution in [0.25, 0.3) is 0 Å². The molecule has 1 aliphatic heterocycles. The van der Waals surface area contributed by atoms with Crippen molar-refractivity contribution in [3.63, 3.8) is 0 Å². The van der Waals surface area contributed by atoms with Gasteiger partial charge in [-0.25, -0.2) is 4.98 Å². The molecule has 4 nitrogen and oxygen atoms in total. The van der Waals surface area contributed by atoms with Gasteiger partial charge in [-0.2, -0.15) is 0 Å². The lowest BCUT2D eigenvalue weighted by molar-refractivity contribution is 0.00578. The first kappa shape index (κ1) is 19.1. The minimum absolute atomic E-state index is 0.207. The average Bonchev–Trinajstić information content (AvgIpc) is 2.89. The Morgan fingerprint density at radius 2 is 1.70 bits per heavy atom. The molecule has 1 aliphatic rings. The molecule has 1 saturated heterocycles. The van der Waals surface area contributed by atoms with Crippen LogP contribution in [0.3, 0.4) is 0 Å². The molecule has 7 heteroatoms. The fraction of sp³-hybridized carbons (Fsp3) is 0.812. The molecule has 0 unspecified atom stereocenters. The summed E-state index contributed by atoms with van der Waals surface area (Å²) < 4.78 is 18.3. The third-order valence-electron chi connectivity index (χ3n) is 5.43. The molecule has 0 saturated carbocycles. The zero-order valence-electron chi connectivity index (χ0n) is 15.9. The Kier molecular flexibility index (Phi) is 4.95. The van der Waals surface area contributed by atoms with E-state index in [1.165, 1.54) is 0 Å². The summed E-state index contributed by atoms with van der Waals surface area (Å²) in [6.45, 7) is 20.1. The fourth-order valence-corrected chi connectivity index (χ4v) is 3.66. The molecule has 0 amide bonds. The molecule has 2 heterocycles. The molecule has 0 radical (unpaired) electrons. The van der Waals surface area contributed by atoms with Crippen molar-refractivity contribution < 1.29 is 13.7 Å². The summed E-state index contributed by atoms with van der Waals surface area (Å²) in [5, 5.41) is 3.21. The highest BCUT2D eigenvalue weighted by atomic mass is 32.1. The third kappa shape index (κ3) is 3.90. The van der Waals surface area contributed by atoms with Crippen LogP contribution in [0.4, 0.5) is 0 Å². The smallest absolute Gasteiger partial charge is 0.410 e. The highest BCUT2D eigenvalue weighted by molar-refractivity contribution is 7.10. The predicted molar refractivity (Wildman–Crippen MR) is 99.8 cm³/mol. The number of hydrogen-bond acceptors (Lipinski definition) is 5. The Labute approximate surface area is 146 Å². The summed E-state index contributed by atoms with van der Waals surface area (Å²) in [6.07, 6.45) is 0. The Bertz CT molecular complexity index is 550. The van der Waals surface area contributed by atoms with E-state index in [1.54, 1.807) is 11.3 Å². The molecular formula is C16H30BNO3SSi. The lowest BCUT2D eigenvalue weighted by Crippen LogP contribution is -2.41. The van der Waals surface area contributed by atoms with E-state index in [0.717, 1.165) is 10.6 Å². The van der Waals surface area contributed by atoms with Gasteiger partial charge in [-0.3, -0.25) is 0 Å². The zero-order chi connectivity index (χ0) is 17.7. The van der Waals surface area contributed by atoms with Crippen molar-refractivity contribution in [3.8, 4) is 0 Å². The highest BCUT2D eigenvalue weighted by Crippen LogP contribution is 2.38. The van der Waals surface area contributed by atoms with Crippen molar-refractivity contribution in [3.05, 3.63) is 10.4 Å². The van der Waals surface area contributed by atoms with Gasteiger partial charge in [-0.1, -0.05) is 20.8 Å². The predicted octanol–water partition coefficient (Wildman–Crippen LogP) is 3.96. The maximum absolute atomic E-state index is 6.24. The van der Waals surface area contributed by atoms with Gasteiger partial charge >= 0.3 is 7.12 Å². The second-order valence-electron chi connectivity index (χ2n) is 8.80. The Hall–Kier alpha value is -0.208. The molecule has 2 rings (SSSR count). The van der Waals surface area contributed by atoms with Gasteiger partial charge in [0.15, 0.2) is 8.32 Å². The zero-order valence-corrected chi connectivity index (χ0v) is 17.8. The molecule has 0 aromatic carbocycles. The lowest BCUT2D eigenvalue weighted by atomic mass is 9.86. The molecule has 1 aromatic heterocycles. The maximum atomic E-state index is 6.24. The van der Waals surface area contributed by atoms with E-state index >= 15 is 0 Å². The molecule has 23 heavy (non-hydrogen) atoms. The fourth-order valence-electron chi connectivity index (χ4n) is 1.92. The Morgan fingerprint density at radius 1 is 1.17 bits per heavy atom. The van der Waals surface area contributed by atoms with Gasteiger partial charge in [0.1, 0.15) is 5.01 Å². The number of hydrogen-bond donors (Lipinski definition) is 0. The summed E-state index contributed by atoms with van der Waals surface area (Å²) in [5.41, 5.74) is 0.181. The van der Waals surface area contributed by atoms with Crippen LogP contribution >= 0.6 is 11.3 Å². The second kappa shape index (κ2) is 5.95. The van der Waals surface area contributed by atoms with Gasteiger partial charge in [-0.05, 0) is 45.8 Å². The van der Waals surface area contributed by atoms with Crippen LogP contribution in [-0.2, 0) is 20.3 Å². The van der Waals surface area contributed by atoms with E-state index in [-0.39, 0.29) is 16.2 Å². The normalized spacial score (nSPS) is 21.0. The number of nitrogens with zero attached hydrogens (tertiary/aromatic N) is 1. The summed E-state index contributed by atoms with van der Waals surface area (Å²) >= 11 is 1.61. The van der Waals surface area contributed by atoms with Crippen LogP contribution in [0, 0.1) is 0 Å². The van der Waals surface area contributed by atoms with Crippen molar-refractivity contribution in [2.24, 2.45) is 0 Å². The van der Waals surface area contributed by atoms with Crippen molar-refractivity contribution in [1.29, 1.82) is 0 Å². The van der Waals surface area contributed by atoms with Crippen LogP contribution in [0.15, 0.2) is 5.38 Å². The quantitative estimate of drug-likeness (QED) is 0.767. The molecule has 0 spiro atoms. The van der Waals surface area contributed by atoms with Crippen molar-refractivity contribution in [1.82, 2.24) is 4.98 Å².